The number of rotatable bonds is 3. The van der Waals surface area contributed by atoms with Gasteiger partial charge in [0.05, 0.1) is 12.8 Å². The highest BCUT2D eigenvalue weighted by molar-refractivity contribution is 5.89. The molecule has 0 bridgehead atoms. The van der Waals surface area contributed by atoms with Crippen LogP contribution in [0.1, 0.15) is 12.8 Å². The third kappa shape index (κ3) is 1.69. The average molecular weight is 222 g/mol. The second kappa shape index (κ2) is 3.86. The summed E-state index contributed by atoms with van der Waals surface area (Å²) < 4.78 is 5.39. The van der Waals surface area contributed by atoms with E-state index in [4.69, 9.17) is 4.74 Å². The van der Waals surface area contributed by atoms with Gasteiger partial charge in [0, 0.05) is 13.0 Å². The third-order valence-corrected chi connectivity index (χ3v) is 3.59. The molecule has 16 heavy (non-hydrogen) atoms. The predicted octanol–water partition coefficient (Wildman–Crippen LogP) is 0.416. The standard InChI is InChI=1S/C10H14N4O2/c15-10(12-9-3-11-14-13-9)2-6-1-7-4-16-5-8(6)7/h3,6-8H,1-2,4-5H2,(H2,11,12,13,14,15)/t6?,7-,8-/m1/s1. The summed E-state index contributed by atoms with van der Waals surface area (Å²) in [6, 6.07) is 0. The van der Waals surface area contributed by atoms with Gasteiger partial charge in [0.1, 0.15) is 0 Å². The lowest BCUT2D eigenvalue weighted by Gasteiger charge is -2.38. The average Bonchev–Trinajstić information content (AvgIpc) is 2.84. The van der Waals surface area contributed by atoms with E-state index in [0.29, 0.717) is 30.0 Å². The van der Waals surface area contributed by atoms with Crippen LogP contribution in [0, 0.1) is 17.8 Å². The zero-order valence-corrected chi connectivity index (χ0v) is 8.85. The summed E-state index contributed by atoms with van der Waals surface area (Å²) in [7, 11) is 0. The molecule has 1 unspecified atom stereocenters. The molecule has 1 saturated heterocycles. The van der Waals surface area contributed by atoms with Crippen molar-refractivity contribution in [2.24, 2.45) is 17.8 Å². The molecule has 2 aliphatic rings. The molecule has 3 atom stereocenters. The largest absolute Gasteiger partial charge is 0.381 e. The Labute approximate surface area is 92.7 Å². The van der Waals surface area contributed by atoms with E-state index in [2.05, 4.69) is 20.7 Å². The minimum absolute atomic E-state index is 0.0178. The van der Waals surface area contributed by atoms with Crippen molar-refractivity contribution in [2.75, 3.05) is 18.5 Å². The molecule has 1 aromatic rings. The molecule has 2 fully saturated rings. The smallest absolute Gasteiger partial charge is 0.225 e. The number of amides is 1. The number of hydrogen-bond donors (Lipinski definition) is 2. The van der Waals surface area contributed by atoms with Crippen LogP contribution in [0.2, 0.25) is 0 Å². The van der Waals surface area contributed by atoms with Crippen molar-refractivity contribution in [1.29, 1.82) is 0 Å². The van der Waals surface area contributed by atoms with Gasteiger partial charge in [0.2, 0.25) is 5.91 Å². The van der Waals surface area contributed by atoms with E-state index in [1.165, 1.54) is 6.20 Å². The first-order valence-electron chi connectivity index (χ1n) is 5.56. The number of fused-ring (bicyclic) bond motifs is 1. The molecule has 3 rings (SSSR count). The molecular formula is C10H14N4O2. The van der Waals surface area contributed by atoms with Crippen LogP contribution >= 0.6 is 0 Å². The van der Waals surface area contributed by atoms with E-state index in [9.17, 15) is 4.79 Å². The monoisotopic (exact) mass is 222 g/mol. The molecule has 86 valence electrons. The van der Waals surface area contributed by atoms with Gasteiger partial charge in [-0.05, 0) is 24.2 Å². The van der Waals surface area contributed by atoms with Crippen LogP contribution in [-0.4, -0.2) is 34.5 Å². The predicted molar refractivity (Wildman–Crippen MR) is 55.5 cm³/mol. The molecular weight excluding hydrogens is 208 g/mol. The van der Waals surface area contributed by atoms with Gasteiger partial charge >= 0.3 is 0 Å². The van der Waals surface area contributed by atoms with E-state index in [-0.39, 0.29) is 5.91 Å². The molecule has 6 heteroatoms. The van der Waals surface area contributed by atoms with Gasteiger partial charge in [-0.15, -0.1) is 5.10 Å². The van der Waals surface area contributed by atoms with Gasteiger partial charge < -0.3 is 10.1 Å². The Bertz CT molecular complexity index is 378. The van der Waals surface area contributed by atoms with Gasteiger partial charge in [-0.3, -0.25) is 4.79 Å². The second-order valence-corrected chi connectivity index (χ2v) is 4.56. The minimum Gasteiger partial charge on any atom is -0.381 e. The zero-order chi connectivity index (χ0) is 11.0. The van der Waals surface area contributed by atoms with E-state index in [1.54, 1.807) is 0 Å². The quantitative estimate of drug-likeness (QED) is 0.776. The normalized spacial score (nSPS) is 31.9. The summed E-state index contributed by atoms with van der Waals surface area (Å²) >= 11 is 0. The summed E-state index contributed by atoms with van der Waals surface area (Å²) in [6.07, 6.45) is 3.19. The molecule has 0 radical (unpaired) electrons. The van der Waals surface area contributed by atoms with Crippen molar-refractivity contribution in [2.45, 2.75) is 12.8 Å². The molecule has 0 aromatic carbocycles. The Kier molecular flexibility index (Phi) is 2.36. The second-order valence-electron chi connectivity index (χ2n) is 4.56. The maximum Gasteiger partial charge on any atom is 0.225 e. The molecule has 0 spiro atoms. The molecule has 6 nitrogen and oxygen atoms in total. The van der Waals surface area contributed by atoms with Gasteiger partial charge in [-0.25, -0.2) is 0 Å². The summed E-state index contributed by atoms with van der Waals surface area (Å²) in [4.78, 5) is 11.7. The van der Waals surface area contributed by atoms with Crippen molar-refractivity contribution in [3.8, 4) is 0 Å². The van der Waals surface area contributed by atoms with Crippen molar-refractivity contribution in [3.63, 3.8) is 0 Å². The van der Waals surface area contributed by atoms with Crippen LogP contribution in [0.4, 0.5) is 5.82 Å². The number of hydrogen-bond acceptors (Lipinski definition) is 4. The highest BCUT2D eigenvalue weighted by Gasteiger charge is 2.45. The number of nitrogens with one attached hydrogen (secondary N) is 2. The SMILES string of the molecule is O=C(CC1C[C@@H]2COC[C@H]12)Nc1cn[nH]n1. The van der Waals surface area contributed by atoms with E-state index < -0.39 is 0 Å². The van der Waals surface area contributed by atoms with Crippen LogP contribution in [0.25, 0.3) is 0 Å². The molecule has 1 saturated carbocycles. The Morgan fingerprint density at radius 3 is 3.31 bits per heavy atom. The number of carbonyl (C=O) groups is 1. The molecule has 1 aromatic heterocycles. The van der Waals surface area contributed by atoms with Crippen molar-refractivity contribution >= 4 is 11.7 Å². The number of anilines is 1. The maximum absolute atomic E-state index is 11.7. The van der Waals surface area contributed by atoms with E-state index >= 15 is 0 Å². The highest BCUT2D eigenvalue weighted by Crippen LogP contribution is 2.46. The number of nitrogens with zero attached hydrogens (tertiary/aromatic N) is 2. The Hall–Kier alpha value is -1.43. The molecule has 2 N–H and O–H groups in total. The number of H-pyrrole nitrogens is 1. The summed E-state index contributed by atoms with van der Waals surface area (Å²) in [6.45, 7) is 1.71. The zero-order valence-electron chi connectivity index (χ0n) is 8.85. The van der Waals surface area contributed by atoms with Crippen molar-refractivity contribution < 1.29 is 9.53 Å². The van der Waals surface area contributed by atoms with Gasteiger partial charge in [-0.1, -0.05) is 0 Å². The topological polar surface area (TPSA) is 79.9 Å². The summed E-state index contributed by atoms with van der Waals surface area (Å²) in [5.74, 6) is 2.29. The highest BCUT2D eigenvalue weighted by atomic mass is 16.5. The van der Waals surface area contributed by atoms with E-state index in [0.717, 1.165) is 19.6 Å². The Balaban J connectivity index is 1.50. The third-order valence-electron chi connectivity index (χ3n) is 3.59. The lowest BCUT2D eigenvalue weighted by molar-refractivity contribution is -0.118. The van der Waals surface area contributed by atoms with Gasteiger partial charge in [0.25, 0.3) is 0 Å². The lowest BCUT2D eigenvalue weighted by Crippen LogP contribution is -2.37. The minimum atomic E-state index is 0.0178. The number of aromatic amines is 1. The van der Waals surface area contributed by atoms with Crippen LogP contribution in [0.5, 0.6) is 0 Å². The number of carbonyl (C=O) groups excluding carboxylic acids is 1. The van der Waals surface area contributed by atoms with Gasteiger partial charge in [0.15, 0.2) is 5.82 Å². The van der Waals surface area contributed by atoms with Crippen molar-refractivity contribution in [1.82, 2.24) is 15.4 Å². The fraction of sp³-hybridized carbons (Fsp3) is 0.700. The fourth-order valence-corrected chi connectivity index (χ4v) is 2.68. The van der Waals surface area contributed by atoms with E-state index in [1.807, 2.05) is 0 Å². The maximum atomic E-state index is 11.7. The molecule has 2 heterocycles. The number of aromatic nitrogens is 3. The van der Waals surface area contributed by atoms with Crippen LogP contribution < -0.4 is 5.32 Å². The Morgan fingerprint density at radius 2 is 2.56 bits per heavy atom. The summed E-state index contributed by atoms with van der Waals surface area (Å²) in [5.41, 5.74) is 0. The Morgan fingerprint density at radius 1 is 1.62 bits per heavy atom. The lowest BCUT2D eigenvalue weighted by atomic mass is 9.65. The molecule has 1 amide bonds. The van der Waals surface area contributed by atoms with Crippen LogP contribution in [0.3, 0.4) is 0 Å². The van der Waals surface area contributed by atoms with Gasteiger partial charge in [-0.2, -0.15) is 10.3 Å². The summed E-state index contributed by atoms with van der Waals surface area (Å²) in [5, 5.41) is 12.6. The van der Waals surface area contributed by atoms with Crippen molar-refractivity contribution in [3.05, 3.63) is 6.20 Å². The first-order valence-corrected chi connectivity index (χ1v) is 5.56. The molecule has 1 aliphatic carbocycles. The first kappa shape index (κ1) is 9.77. The number of ether oxygens (including phenoxy) is 1. The molecule has 1 aliphatic heterocycles. The van der Waals surface area contributed by atoms with Crippen LogP contribution in [-0.2, 0) is 9.53 Å². The fourth-order valence-electron chi connectivity index (χ4n) is 2.68. The first-order chi connectivity index (χ1) is 7.83. The van der Waals surface area contributed by atoms with Crippen LogP contribution in [0.15, 0.2) is 6.20 Å².